The standard InChI is InChI=1S/C21H23NO3/c23-20(22-14-16-6-2-1-3-7-16)15-25-21(24)13-17-10-11-18-8-4-5-9-19(18)12-17/h1-3,6-7,10-12H,4-5,8-9,13-15H2,(H,22,23). The third kappa shape index (κ3) is 5.18. The second kappa shape index (κ2) is 8.47. The Balaban J connectivity index is 1.42. The van der Waals surface area contributed by atoms with Gasteiger partial charge in [0.15, 0.2) is 6.61 Å². The van der Waals surface area contributed by atoms with Crippen molar-refractivity contribution in [3.8, 4) is 0 Å². The van der Waals surface area contributed by atoms with Gasteiger partial charge in [-0.25, -0.2) is 0 Å². The molecule has 4 heteroatoms. The van der Waals surface area contributed by atoms with Crippen LogP contribution >= 0.6 is 0 Å². The number of esters is 1. The Hall–Kier alpha value is -2.62. The quantitative estimate of drug-likeness (QED) is 0.825. The Morgan fingerprint density at radius 2 is 1.68 bits per heavy atom. The monoisotopic (exact) mass is 337 g/mol. The van der Waals surface area contributed by atoms with Crippen LogP contribution in [0.25, 0.3) is 0 Å². The van der Waals surface area contributed by atoms with Crippen LogP contribution in [0.1, 0.15) is 35.1 Å². The maximum atomic E-state index is 12.0. The smallest absolute Gasteiger partial charge is 0.310 e. The minimum Gasteiger partial charge on any atom is -0.455 e. The van der Waals surface area contributed by atoms with E-state index in [0.29, 0.717) is 6.54 Å². The van der Waals surface area contributed by atoms with Gasteiger partial charge in [-0.3, -0.25) is 9.59 Å². The van der Waals surface area contributed by atoms with Crippen LogP contribution in [0.15, 0.2) is 48.5 Å². The SMILES string of the molecule is O=C(COC(=O)Cc1ccc2c(c1)CCCC2)NCc1ccccc1. The van der Waals surface area contributed by atoms with Crippen molar-refractivity contribution in [3.63, 3.8) is 0 Å². The van der Waals surface area contributed by atoms with Crippen LogP contribution in [0.5, 0.6) is 0 Å². The fourth-order valence-electron chi connectivity index (χ4n) is 3.11. The fraction of sp³-hybridized carbons (Fsp3) is 0.333. The molecule has 0 spiro atoms. The lowest BCUT2D eigenvalue weighted by molar-refractivity contribution is -0.147. The number of aryl methyl sites for hydroxylation is 2. The van der Waals surface area contributed by atoms with Gasteiger partial charge in [-0.2, -0.15) is 0 Å². The van der Waals surface area contributed by atoms with Crippen LogP contribution in [0.3, 0.4) is 0 Å². The molecule has 1 N–H and O–H groups in total. The molecule has 3 rings (SSSR count). The summed E-state index contributed by atoms with van der Waals surface area (Å²) in [5.41, 5.74) is 4.70. The normalized spacial score (nSPS) is 13.0. The zero-order valence-electron chi connectivity index (χ0n) is 14.3. The molecule has 0 heterocycles. The summed E-state index contributed by atoms with van der Waals surface area (Å²) < 4.78 is 5.09. The lowest BCUT2D eigenvalue weighted by Gasteiger charge is -2.16. The Kier molecular flexibility index (Phi) is 5.83. The molecule has 1 aliphatic carbocycles. The zero-order chi connectivity index (χ0) is 17.5. The number of rotatable bonds is 6. The van der Waals surface area contributed by atoms with Gasteiger partial charge in [-0.05, 0) is 47.9 Å². The third-order valence-corrected chi connectivity index (χ3v) is 4.46. The topological polar surface area (TPSA) is 55.4 Å². The average Bonchev–Trinajstić information content (AvgIpc) is 2.65. The Morgan fingerprint density at radius 3 is 2.48 bits per heavy atom. The second-order valence-electron chi connectivity index (χ2n) is 6.41. The Morgan fingerprint density at radius 1 is 0.920 bits per heavy atom. The maximum absolute atomic E-state index is 12.0. The van der Waals surface area contributed by atoms with Crippen molar-refractivity contribution in [2.45, 2.75) is 38.6 Å². The van der Waals surface area contributed by atoms with Crippen LogP contribution in [0.2, 0.25) is 0 Å². The number of hydrogen-bond acceptors (Lipinski definition) is 3. The maximum Gasteiger partial charge on any atom is 0.310 e. The highest BCUT2D eigenvalue weighted by molar-refractivity contribution is 5.81. The third-order valence-electron chi connectivity index (χ3n) is 4.46. The highest BCUT2D eigenvalue weighted by Gasteiger charge is 2.12. The second-order valence-corrected chi connectivity index (χ2v) is 6.41. The Labute approximate surface area is 148 Å². The van der Waals surface area contributed by atoms with Gasteiger partial charge in [-0.15, -0.1) is 0 Å². The van der Waals surface area contributed by atoms with E-state index in [1.807, 2.05) is 36.4 Å². The molecule has 4 nitrogen and oxygen atoms in total. The van der Waals surface area contributed by atoms with Gasteiger partial charge in [0.2, 0.25) is 0 Å². The number of ether oxygens (including phenoxy) is 1. The molecule has 130 valence electrons. The van der Waals surface area contributed by atoms with E-state index < -0.39 is 0 Å². The summed E-state index contributed by atoms with van der Waals surface area (Å²) in [5.74, 6) is -0.659. The van der Waals surface area contributed by atoms with E-state index >= 15 is 0 Å². The molecule has 0 atom stereocenters. The highest BCUT2D eigenvalue weighted by atomic mass is 16.5. The number of nitrogens with one attached hydrogen (secondary N) is 1. The van der Waals surface area contributed by atoms with Gasteiger partial charge >= 0.3 is 5.97 Å². The minimum absolute atomic E-state index is 0.208. The molecule has 2 aromatic carbocycles. The van der Waals surface area contributed by atoms with Crippen molar-refractivity contribution in [3.05, 3.63) is 70.8 Å². The predicted molar refractivity (Wildman–Crippen MR) is 96.0 cm³/mol. The minimum atomic E-state index is -0.370. The fourth-order valence-corrected chi connectivity index (χ4v) is 3.11. The molecule has 2 aromatic rings. The van der Waals surface area contributed by atoms with Gasteiger partial charge < -0.3 is 10.1 Å². The molecular formula is C21H23NO3. The largest absolute Gasteiger partial charge is 0.455 e. The lowest BCUT2D eigenvalue weighted by atomic mass is 9.90. The van der Waals surface area contributed by atoms with Crippen LogP contribution < -0.4 is 5.32 Å². The summed E-state index contributed by atoms with van der Waals surface area (Å²) in [7, 11) is 0. The van der Waals surface area contributed by atoms with Crippen molar-refractivity contribution in [2.75, 3.05) is 6.61 Å². The van der Waals surface area contributed by atoms with E-state index in [1.165, 1.54) is 24.0 Å². The van der Waals surface area contributed by atoms with Gasteiger partial charge in [0.1, 0.15) is 0 Å². The number of benzene rings is 2. The molecule has 0 unspecified atom stereocenters. The number of carbonyl (C=O) groups is 2. The molecule has 0 radical (unpaired) electrons. The number of amides is 1. The molecule has 0 bridgehead atoms. The van der Waals surface area contributed by atoms with E-state index in [0.717, 1.165) is 24.0 Å². The van der Waals surface area contributed by atoms with Crippen LogP contribution in [0.4, 0.5) is 0 Å². The summed E-state index contributed by atoms with van der Waals surface area (Å²) in [6.45, 7) is 0.193. The van der Waals surface area contributed by atoms with Crippen LogP contribution in [-0.2, 0) is 40.1 Å². The van der Waals surface area contributed by atoms with Crippen LogP contribution in [0, 0.1) is 0 Å². The first-order valence-electron chi connectivity index (χ1n) is 8.77. The van der Waals surface area contributed by atoms with Gasteiger partial charge in [0, 0.05) is 6.54 Å². The molecule has 0 aromatic heterocycles. The molecule has 25 heavy (non-hydrogen) atoms. The first-order chi connectivity index (χ1) is 12.2. The average molecular weight is 337 g/mol. The van der Waals surface area contributed by atoms with Crippen molar-refractivity contribution >= 4 is 11.9 Å². The zero-order valence-corrected chi connectivity index (χ0v) is 14.3. The summed E-state index contributed by atoms with van der Waals surface area (Å²) in [4.78, 5) is 23.7. The molecule has 0 fully saturated rings. The predicted octanol–water partition coefficient (Wildman–Crippen LogP) is 2.97. The van der Waals surface area contributed by atoms with E-state index in [-0.39, 0.29) is 24.9 Å². The van der Waals surface area contributed by atoms with Gasteiger partial charge in [0.05, 0.1) is 6.42 Å². The van der Waals surface area contributed by atoms with Crippen molar-refractivity contribution in [1.29, 1.82) is 0 Å². The first-order valence-corrected chi connectivity index (χ1v) is 8.77. The van der Waals surface area contributed by atoms with Crippen LogP contribution in [-0.4, -0.2) is 18.5 Å². The number of hydrogen-bond donors (Lipinski definition) is 1. The lowest BCUT2D eigenvalue weighted by Crippen LogP contribution is -2.28. The van der Waals surface area contributed by atoms with Gasteiger partial charge in [-0.1, -0.05) is 48.5 Å². The van der Waals surface area contributed by atoms with Crippen molar-refractivity contribution in [2.24, 2.45) is 0 Å². The van der Waals surface area contributed by atoms with E-state index in [4.69, 9.17) is 4.74 Å². The Bertz CT molecular complexity index is 740. The summed E-state index contributed by atoms with van der Waals surface area (Å²) in [6, 6.07) is 15.8. The van der Waals surface area contributed by atoms with E-state index in [2.05, 4.69) is 17.4 Å². The number of carbonyl (C=O) groups excluding carboxylic acids is 2. The summed E-state index contributed by atoms with van der Waals surface area (Å²) in [5, 5.41) is 2.74. The first kappa shape index (κ1) is 17.2. The molecule has 0 saturated heterocycles. The molecular weight excluding hydrogens is 314 g/mol. The molecule has 0 saturated carbocycles. The van der Waals surface area contributed by atoms with Gasteiger partial charge in [0.25, 0.3) is 5.91 Å². The molecule has 1 aliphatic rings. The van der Waals surface area contributed by atoms with Crippen molar-refractivity contribution < 1.29 is 14.3 Å². The molecule has 0 aliphatic heterocycles. The summed E-state index contributed by atoms with van der Waals surface area (Å²) >= 11 is 0. The van der Waals surface area contributed by atoms with Crippen molar-refractivity contribution in [1.82, 2.24) is 5.32 Å². The van der Waals surface area contributed by atoms with E-state index in [1.54, 1.807) is 0 Å². The number of fused-ring (bicyclic) bond motifs is 1. The highest BCUT2D eigenvalue weighted by Crippen LogP contribution is 2.22. The summed E-state index contributed by atoms with van der Waals surface area (Å²) in [6.07, 6.45) is 4.87. The molecule has 1 amide bonds. The van der Waals surface area contributed by atoms with E-state index in [9.17, 15) is 9.59 Å².